The van der Waals surface area contributed by atoms with Crippen LogP contribution in [0.2, 0.25) is 0 Å². The van der Waals surface area contributed by atoms with E-state index in [2.05, 4.69) is 77.2 Å². The second-order valence-electron chi connectivity index (χ2n) is 6.70. The van der Waals surface area contributed by atoms with Gasteiger partial charge in [0.15, 0.2) is 0 Å². The molecular weight excluding hydrogens is 425 g/mol. The van der Waals surface area contributed by atoms with Crippen LogP contribution < -0.4 is 0 Å². The van der Waals surface area contributed by atoms with Gasteiger partial charge in [-0.2, -0.15) is 0 Å². The monoisotopic (exact) mass is 447 g/mol. The molecule has 0 N–H and O–H groups in total. The van der Waals surface area contributed by atoms with Crippen molar-refractivity contribution < 1.29 is 0 Å². The van der Waals surface area contributed by atoms with Crippen LogP contribution in [0.1, 0.15) is 48.8 Å². The van der Waals surface area contributed by atoms with E-state index in [0.717, 1.165) is 4.43 Å². The lowest BCUT2D eigenvalue weighted by molar-refractivity contribution is 0.444. The van der Waals surface area contributed by atoms with Crippen molar-refractivity contribution in [2.24, 2.45) is 4.99 Å². The lowest BCUT2D eigenvalue weighted by atomic mass is 9.89. The lowest BCUT2D eigenvalue weighted by Crippen LogP contribution is -2.23. The van der Waals surface area contributed by atoms with Gasteiger partial charge in [0, 0.05) is 9.99 Å². The number of halogens is 1. The van der Waals surface area contributed by atoms with E-state index in [4.69, 9.17) is 4.99 Å². The highest BCUT2D eigenvalue weighted by molar-refractivity contribution is 14.1. The van der Waals surface area contributed by atoms with Gasteiger partial charge in [0.2, 0.25) is 0 Å². The first-order valence-electron chi connectivity index (χ1n) is 8.82. The van der Waals surface area contributed by atoms with Crippen molar-refractivity contribution in [2.45, 2.75) is 42.9 Å². The van der Waals surface area contributed by atoms with Gasteiger partial charge in [0.1, 0.15) is 0 Å². The zero-order valence-corrected chi connectivity index (χ0v) is 16.7. The molecular formula is C21H22INS. The van der Waals surface area contributed by atoms with Crippen LogP contribution in [-0.4, -0.2) is 15.5 Å². The van der Waals surface area contributed by atoms with Crippen molar-refractivity contribution in [1.82, 2.24) is 0 Å². The number of hydrogen-bond donors (Lipinski definition) is 0. The van der Waals surface area contributed by atoms with Crippen LogP contribution in [0.25, 0.3) is 0 Å². The molecule has 1 atom stereocenters. The summed E-state index contributed by atoms with van der Waals surface area (Å²) in [6, 6.07) is 20.4. The Hall–Kier alpha value is -0.810. The van der Waals surface area contributed by atoms with Crippen molar-refractivity contribution in [3.8, 4) is 0 Å². The summed E-state index contributed by atoms with van der Waals surface area (Å²) in [5, 5.41) is 1.26. The Labute approximate surface area is 162 Å². The Morgan fingerprint density at radius 2 is 1.67 bits per heavy atom. The molecule has 1 nitrogen and oxygen atoms in total. The molecule has 2 aromatic carbocycles. The van der Waals surface area contributed by atoms with Crippen molar-refractivity contribution in [1.29, 1.82) is 0 Å². The number of rotatable bonds is 3. The lowest BCUT2D eigenvalue weighted by Gasteiger charge is -2.27. The Morgan fingerprint density at radius 3 is 2.42 bits per heavy atom. The quantitative estimate of drug-likeness (QED) is 0.404. The molecule has 0 radical (unpaired) electrons. The van der Waals surface area contributed by atoms with Gasteiger partial charge in [0.25, 0.3) is 0 Å². The van der Waals surface area contributed by atoms with Gasteiger partial charge in [-0.3, -0.25) is 4.99 Å². The van der Waals surface area contributed by atoms with Crippen LogP contribution in [0.4, 0.5) is 0 Å². The maximum Gasteiger partial charge on any atom is 0.0995 e. The van der Waals surface area contributed by atoms with Crippen molar-refractivity contribution >= 4 is 39.4 Å². The molecule has 1 saturated carbocycles. The van der Waals surface area contributed by atoms with Crippen LogP contribution in [-0.2, 0) is 4.75 Å². The number of hydrogen-bond acceptors (Lipinski definition) is 2. The van der Waals surface area contributed by atoms with Crippen molar-refractivity contribution in [3.63, 3.8) is 0 Å². The third kappa shape index (κ3) is 2.94. The molecule has 4 rings (SSSR count). The molecule has 1 aliphatic heterocycles. The Kier molecular flexibility index (Phi) is 5.00. The number of benzene rings is 2. The molecule has 1 heterocycles. The van der Waals surface area contributed by atoms with E-state index in [9.17, 15) is 0 Å². The summed E-state index contributed by atoms with van der Waals surface area (Å²) in [4.78, 5) is 5.22. The van der Waals surface area contributed by atoms with E-state index in [1.165, 1.54) is 53.8 Å². The highest BCUT2D eigenvalue weighted by Crippen LogP contribution is 2.53. The third-order valence-electron chi connectivity index (χ3n) is 5.17. The minimum absolute atomic E-state index is 0.00587. The van der Waals surface area contributed by atoms with Gasteiger partial charge in [-0.25, -0.2) is 0 Å². The fraction of sp³-hybridized carbons (Fsp3) is 0.381. The van der Waals surface area contributed by atoms with Gasteiger partial charge in [0.05, 0.1) is 15.8 Å². The highest BCUT2D eigenvalue weighted by Gasteiger charge is 2.43. The smallest absolute Gasteiger partial charge is 0.0995 e. The van der Waals surface area contributed by atoms with Crippen molar-refractivity contribution in [2.75, 3.05) is 4.43 Å². The fourth-order valence-electron chi connectivity index (χ4n) is 3.87. The molecule has 2 aliphatic rings. The average Bonchev–Trinajstić information content (AvgIpc) is 2.98. The first-order chi connectivity index (χ1) is 11.8. The van der Waals surface area contributed by atoms with Crippen LogP contribution in [0.3, 0.4) is 0 Å². The topological polar surface area (TPSA) is 12.4 Å². The third-order valence-corrected chi connectivity index (χ3v) is 8.30. The maximum atomic E-state index is 5.22. The molecule has 1 aliphatic carbocycles. The molecule has 124 valence electrons. The van der Waals surface area contributed by atoms with Crippen LogP contribution in [0, 0.1) is 0 Å². The maximum absolute atomic E-state index is 5.22. The van der Waals surface area contributed by atoms with Gasteiger partial charge < -0.3 is 0 Å². The summed E-state index contributed by atoms with van der Waals surface area (Å²) in [5.41, 5.74) is 4.18. The van der Waals surface area contributed by atoms with Gasteiger partial charge in [-0.05, 0) is 24.0 Å². The second kappa shape index (κ2) is 7.20. The highest BCUT2D eigenvalue weighted by atomic mass is 127. The van der Waals surface area contributed by atoms with E-state index >= 15 is 0 Å². The number of aliphatic imine (C=N–C) groups is 1. The predicted molar refractivity (Wildman–Crippen MR) is 114 cm³/mol. The summed E-state index contributed by atoms with van der Waals surface area (Å²) in [7, 11) is 0. The zero-order valence-electron chi connectivity index (χ0n) is 13.7. The molecule has 0 saturated heterocycles. The Morgan fingerprint density at radius 1 is 0.958 bits per heavy atom. The fourth-order valence-corrected chi connectivity index (χ4v) is 6.60. The summed E-state index contributed by atoms with van der Waals surface area (Å²) < 4.78 is 1.06. The second-order valence-corrected chi connectivity index (χ2v) is 8.75. The first kappa shape index (κ1) is 16.6. The van der Waals surface area contributed by atoms with Crippen molar-refractivity contribution in [3.05, 3.63) is 71.3 Å². The summed E-state index contributed by atoms with van der Waals surface area (Å²) in [6.07, 6.45) is 6.57. The van der Waals surface area contributed by atoms with Crippen LogP contribution in [0.5, 0.6) is 0 Å². The van der Waals surface area contributed by atoms with E-state index in [1.807, 2.05) is 11.8 Å². The zero-order chi connectivity index (χ0) is 16.4. The summed E-state index contributed by atoms with van der Waals surface area (Å²) in [6.45, 7) is 0. The van der Waals surface area contributed by atoms with Crippen LogP contribution >= 0.6 is 34.4 Å². The summed E-state index contributed by atoms with van der Waals surface area (Å²) >= 11 is 4.52. The molecule has 0 aromatic heterocycles. The van der Waals surface area contributed by atoms with E-state index < -0.39 is 0 Å². The molecule has 24 heavy (non-hydrogen) atoms. The number of nitrogens with zero attached hydrogens (tertiary/aromatic N) is 1. The normalized spacial score (nSPS) is 25.8. The number of fused-ring (bicyclic) bond motifs is 1. The number of thioether (sulfide) groups is 1. The average molecular weight is 447 g/mol. The predicted octanol–water partition coefficient (Wildman–Crippen LogP) is 6.19. The molecule has 3 heteroatoms. The molecule has 0 bridgehead atoms. The van der Waals surface area contributed by atoms with Gasteiger partial charge in [-0.1, -0.05) is 108 Å². The van der Waals surface area contributed by atoms with E-state index in [-0.39, 0.29) is 4.75 Å². The largest absolute Gasteiger partial charge is 0.274 e. The Bertz CT molecular complexity index is 737. The molecule has 2 aromatic rings. The SMILES string of the molecule is ICC1(c2ccccc2)SC(=NC2CCCCC2)c2ccccc21. The van der Waals surface area contributed by atoms with E-state index in [0.29, 0.717) is 6.04 Å². The minimum atomic E-state index is 0.00587. The summed E-state index contributed by atoms with van der Waals surface area (Å²) in [5.74, 6) is 0. The molecule has 1 unspecified atom stereocenters. The standard InChI is InChI=1S/C21H22INS/c22-15-21(16-9-3-1-4-10-16)19-14-8-7-13-18(19)20(24-21)23-17-11-5-2-6-12-17/h1,3-4,7-10,13-14,17H,2,5-6,11-12,15H2. The minimum Gasteiger partial charge on any atom is -0.274 e. The Balaban J connectivity index is 1.79. The molecule has 1 fully saturated rings. The number of alkyl halides is 1. The van der Waals surface area contributed by atoms with E-state index in [1.54, 1.807) is 0 Å². The molecule has 0 spiro atoms. The first-order valence-corrected chi connectivity index (χ1v) is 11.2. The van der Waals surface area contributed by atoms with Gasteiger partial charge in [-0.15, -0.1) is 0 Å². The van der Waals surface area contributed by atoms with Crippen LogP contribution in [0.15, 0.2) is 59.6 Å². The van der Waals surface area contributed by atoms with Gasteiger partial charge >= 0.3 is 0 Å². The molecule has 0 amide bonds.